The van der Waals surface area contributed by atoms with Crippen LogP contribution in [0.3, 0.4) is 0 Å². The maximum Gasteiger partial charge on any atom is 0.310 e. The first-order valence-corrected chi connectivity index (χ1v) is 6.89. The lowest BCUT2D eigenvalue weighted by molar-refractivity contribution is -0.150. The van der Waals surface area contributed by atoms with Gasteiger partial charge >= 0.3 is 5.97 Å². The average Bonchev–Trinajstić information content (AvgIpc) is 2.45. The second-order valence-electron chi connectivity index (χ2n) is 5.85. The molecule has 0 aliphatic rings. The SMILES string of the molecule is CC(CN(C)C(C)(C)CO)C(=O)OCc1ccccc1. The average molecular weight is 279 g/mol. The van der Waals surface area contributed by atoms with E-state index in [9.17, 15) is 9.90 Å². The van der Waals surface area contributed by atoms with Crippen LogP contribution < -0.4 is 0 Å². The van der Waals surface area contributed by atoms with Gasteiger partial charge in [-0.2, -0.15) is 0 Å². The molecular weight excluding hydrogens is 254 g/mol. The molecule has 0 saturated heterocycles. The van der Waals surface area contributed by atoms with Crippen LogP contribution in [0, 0.1) is 5.92 Å². The Morgan fingerprint density at radius 1 is 1.35 bits per heavy atom. The Balaban J connectivity index is 2.43. The van der Waals surface area contributed by atoms with Gasteiger partial charge in [-0.25, -0.2) is 0 Å². The van der Waals surface area contributed by atoms with Crippen molar-refractivity contribution in [3.63, 3.8) is 0 Å². The van der Waals surface area contributed by atoms with Gasteiger partial charge in [-0.3, -0.25) is 9.69 Å². The third-order valence-corrected chi connectivity index (χ3v) is 3.59. The van der Waals surface area contributed by atoms with Crippen LogP contribution in [0.25, 0.3) is 0 Å². The minimum absolute atomic E-state index is 0.0509. The molecular formula is C16H25NO3. The molecule has 1 aromatic carbocycles. The number of ether oxygens (including phenoxy) is 1. The zero-order chi connectivity index (χ0) is 15.2. The standard InChI is InChI=1S/C16H25NO3/c1-13(10-17(4)16(2,3)12-18)15(19)20-11-14-8-6-5-7-9-14/h5-9,13,18H,10-12H2,1-4H3. The Morgan fingerprint density at radius 2 is 1.95 bits per heavy atom. The third-order valence-electron chi connectivity index (χ3n) is 3.59. The van der Waals surface area contributed by atoms with Crippen molar-refractivity contribution in [2.24, 2.45) is 5.92 Å². The van der Waals surface area contributed by atoms with Crippen molar-refractivity contribution >= 4 is 5.97 Å². The minimum atomic E-state index is -0.339. The number of likely N-dealkylation sites (N-methyl/N-ethyl adjacent to an activating group) is 1. The highest BCUT2D eigenvalue weighted by Gasteiger charge is 2.26. The molecule has 4 heteroatoms. The highest BCUT2D eigenvalue weighted by Crippen LogP contribution is 2.14. The van der Waals surface area contributed by atoms with Crippen LogP contribution >= 0.6 is 0 Å². The van der Waals surface area contributed by atoms with Gasteiger partial charge in [-0.05, 0) is 26.5 Å². The van der Waals surface area contributed by atoms with Crippen LogP contribution in [0.15, 0.2) is 30.3 Å². The molecule has 0 aromatic heterocycles. The monoisotopic (exact) mass is 279 g/mol. The molecule has 0 aliphatic carbocycles. The first-order valence-electron chi connectivity index (χ1n) is 6.89. The first kappa shape index (κ1) is 16.7. The molecule has 1 atom stereocenters. The normalized spacial score (nSPS) is 13.3. The fraction of sp³-hybridized carbons (Fsp3) is 0.562. The van der Waals surface area contributed by atoms with E-state index in [1.165, 1.54) is 0 Å². The lowest BCUT2D eigenvalue weighted by Crippen LogP contribution is -2.47. The topological polar surface area (TPSA) is 49.8 Å². The van der Waals surface area contributed by atoms with E-state index in [0.29, 0.717) is 13.2 Å². The number of hydrogen-bond donors (Lipinski definition) is 1. The molecule has 0 bridgehead atoms. The fourth-order valence-electron chi connectivity index (χ4n) is 1.72. The van der Waals surface area contributed by atoms with Gasteiger partial charge in [0.05, 0.1) is 12.5 Å². The smallest absolute Gasteiger partial charge is 0.310 e. The minimum Gasteiger partial charge on any atom is -0.461 e. The summed E-state index contributed by atoms with van der Waals surface area (Å²) in [5.74, 6) is -0.441. The number of hydrogen-bond acceptors (Lipinski definition) is 4. The molecule has 0 spiro atoms. The molecule has 0 radical (unpaired) electrons. The van der Waals surface area contributed by atoms with Crippen molar-refractivity contribution < 1.29 is 14.6 Å². The largest absolute Gasteiger partial charge is 0.461 e. The van der Waals surface area contributed by atoms with E-state index in [0.717, 1.165) is 5.56 Å². The maximum absolute atomic E-state index is 12.0. The van der Waals surface area contributed by atoms with Gasteiger partial charge in [0, 0.05) is 12.1 Å². The van der Waals surface area contributed by atoms with E-state index in [4.69, 9.17) is 4.74 Å². The lowest BCUT2D eigenvalue weighted by atomic mass is 10.0. The predicted molar refractivity (Wildman–Crippen MR) is 79.2 cm³/mol. The van der Waals surface area contributed by atoms with Crippen LogP contribution in [0.1, 0.15) is 26.3 Å². The van der Waals surface area contributed by atoms with E-state index in [1.807, 2.05) is 63.1 Å². The van der Waals surface area contributed by atoms with E-state index < -0.39 is 0 Å². The van der Waals surface area contributed by atoms with Crippen molar-refractivity contribution in [2.45, 2.75) is 32.9 Å². The molecule has 1 aromatic rings. The van der Waals surface area contributed by atoms with Crippen molar-refractivity contribution in [3.8, 4) is 0 Å². The van der Waals surface area contributed by atoms with Gasteiger partial charge in [-0.15, -0.1) is 0 Å². The van der Waals surface area contributed by atoms with Gasteiger partial charge in [-0.1, -0.05) is 37.3 Å². The molecule has 0 fully saturated rings. The zero-order valence-electron chi connectivity index (χ0n) is 12.8. The van der Waals surface area contributed by atoms with Crippen LogP contribution in [0.4, 0.5) is 0 Å². The Morgan fingerprint density at radius 3 is 2.50 bits per heavy atom. The predicted octanol–water partition coefficient (Wildman–Crippen LogP) is 2.07. The number of benzene rings is 1. The highest BCUT2D eigenvalue weighted by atomic mass is 16.5. The summed E-state index contributed by atoms with van der Waals surface area (Å²) < 4.78 is 5.31. The Hall–Kier alpha value is -1.39. The quantitative estimate of drug-likeness (QED) is 0.776. The van der Waals surface area contributed by atoms with Crippen molar-refractivity contribution in [2.75, 3.05) is 20.2 Å². The summed E-state index contributed by atoms with van der Waals surface area (Å²) in [5.41, 5.74) is 0.644. The van der Waals surface area contributed by atoms with Gasteiger partial charge < -0.3 is 9.84 Å². The van der Waals surface area contributed by atoms with Gasteiger partial charge in [0.25, 0.3) is 0 Å². The lowest BCUT2D eigenvalue weighted by Gasteiger charge is -2.35. The van der Waals surface area contributed by atoms with Crippen LogP contribution in [-0.4, -0.2) is 41.7 Å². The van der Waals surface area contributed by atoms with E-state index in [-0.39, 0.29) is 24.0 Å². The van der Waals surface area contributed by atoms with Crippen molar-refractivity contribution in [1.82, 2.24) is 4.90 Å². The Bertz CT molecular complexity index is 417. The summed E-state index contributed by atoms with van der Waals surface area (Å²) in [5, 5.41) is 9.31. The molecule has 1 unspecified atom stereocenters. The number of nitrogens with zero attached hydrogens (tertiary/aromatic N) is 1. The second kappa shape index (κ2) is 7.41. The third kappa shape index (κ3) is 4.94. The number of carbonyl (C=O) groups is 1. The summed E-state index contributed by atoms with van der Waals surface area (Å²) in [6.45, 7) is 6.63. The molecule has 0 amide bonds. The Labute approximate surface area is 121 Å². The highest BCUT2D eigenvalue weighted by molar-refractivity contribution is 5.72. The van der Waals surface area contributed by atoms with Gasteiger partial charge in [0.2, 0.25) is 0 Å². The second-order valence-corrected chi connectivity index (χ2v) is 5.85. The number of esters is 1. The number of rotatable bonds is 7. The van der Waals surface area contributed by atoms with Crippen molar-refractivity contribution in [3.05, 3.63) is 35.9 Å². The van der Waals surface area contributed by atoms with Gasteiger partial charge in [0.15, 0.2) is 0 Å². The van der Waals surface area contributed by atoms with Crippen LogP contribution in [0.2, 0.25) is 0 Å². The number of aliphatic hydroxyl groups excluding tert-OH is 1. The summed E-state index contributed by atoms with van der Waals surface area (Å²) in [4.78, 5) is 13.9. The summed E-state index contributed by atoms with van der Waals surface area (Å²) in [6, 6.07) is 9.63. The van der Waals surface area contributed by atoms with Crippen molar-refractivity contribution in [1.29, 1.82) is 0 Å². The van der Waals surface area contributed by atoms with E-state index >= 15 is 0 Å². The molecule has 1 rings (SSSR count). The van der Waals surface area contributed by atoms with E-state index in [1.54, 1.807) is 0 Å². The molecule has 0 aliphatic heterocycles. The molecule has 4 nitrogen and oxygen atoms in total. The van der Waals surface area contributed by atoms with E-state index in [2.05, 4.69) is 0 Å². The molecule has 0 heterocycles. The zero-order valence-corrected chi connectivity index (χ0v) is 12.8. The summed E-state index contributed by atoms with van der Waals surface area (Å²) >= 11 is 0. The van der Waals surface area contributed by atoms with Crippen LogP contribution in [0.5, 0.6) is 0 Å². The van der Waals surface area contributed by atoms with Gasteiger partial charge in [0.1, 0.15) is 6.61 Å². The Kier molecular flexibility index (Phi) is 6.17. The number of aliphatic hydroxyl groups is 1. The molecule has 0 saturated carbocycles. The fourth-order valence-corrected chi connectivity index (χ4v) is 1.72. The summed E-state index contributed by atoms with van der Waals surface area (Å²) in [6.07, 6.45) is 0. The molecule has 1 N–H and O–H groups in total. The number of carbonyl (C=O) groups excluding carboxylic acids is 1. The first-order chi connectivity index (χ1) is 9.36. The maximum atomic E-state index is 12.0. The summed E-state index contributed by atoms with van der Waals surface area (Å²) in [7, 11) is 1.90. The molecule has 20 heavy (non-hydrogen) atoms. The molecule has 112 valence electrons. The van der Waals surface area contributed by atoms with Crippen LogP contribution in [-0.2, 0) is 16.1 Å².